The third kappa shape index (κ3) is 3.55. The Bertz CT molecular complexity index is 1430. The fraction of sp³-hybridized carbons (Fsp3) is 0. The number of hydrogen-bond acceptors (Lipinski definition) is 3. The van der Waals surface area contributed by atoms with Crippen molar-refractivity contribution in [2.75, 3.05) is 4.90 Å². The fourth-order valence-corrected chi connectivity index (χ4v) is 4.22. The molecule has 0 radical (unpaired) electrons. The maximum Gasteiger partial charge on any atom is 0.0666 e. The third-order valence-electron chi connectivity index (χ3n) is 5.72. The van der Waals surface area contributed by atoms with Crippen LogP contribution < -0.4 is 4.90 Å². The monoisotopic (exact) mass is 427 g/mol. The maximum absolute atomic E-state index is 4.42. The van der Waals surface area contributed by atoms with Crippen LogP contribution in [0, 0.1) is 0 Å². The molecule has 0 spiro atoms. The zero-order chi connectivity index (χ0) is 22.0. The van der Waals surface area contributed by atoms with Crippen molar-refractivity contribution >= 4 is 27.8 Å². The summed E-state index contributed by atoms with van der Waals surface area (Å²) in [5.41, 5.74) is 5.23. The normalized spacial score (nSPS) is 11.0. The largest absolute Gasteiger partial charge is 0.310 e. The summed E-state index contributed by atoms with van der Waals surface area (Å²) in [7, 11) is 0. The van der Waals surface area contributed by atoms with E-state index in [1.165, 1.54) is 10.8 Å². The average molecular weight is 428 g/mol. The summed E-state index contributed by atoms with van der Waals surface area (Å²) in [4.78, 5) is 2.29. The first-order valence-electron chi connectivity index (χ1n) is 10.8. The molecule has 0 aliphatic rings. The second kappa shape index (κ2) is 8.13. The molecule has 5 heteroatoms. The summed E-state index contributed by atoms with van der Waals surface area (Å²) in [5.74, 6) is 0. The van der Waals surface area contributed by atoms with E-state index in [9.17, 15) is 0 Å². The Balaban J connectivity index is 1.58. The van der Waals surface area contributed by atoms with Gasteiger partial charge in [-0.3, -0.25) is 0 Å². The molecule has 158 valence electrons. The van der Waals surface area contributed by atoms with Crippen LogP contribution in [-0.2, 0) is 0 Å². The number of fused-ring (bicyclic) bond motifs is 1. The topological polar surface area (TPSA) is 38.9 Å². The summed E-state index contributed by atoms with van der Waals surface area (Å²) >= 11 is 0. The van der Waals surface area contributed by atoms with Gasteiger partial charge in [-0.2, -0.15) is 10.2 Å². The summed E-state index contributed by atoms with van der Waals surface area (Å²) < 4.78 is 3.76. The van der Waals surface area contributed by atoms with Gasteiger partial charge in [0.2, 0.25) is 0 Å². The second-order valence-corrected chi connectivity index (χ2v) is 7.77. The molecule has 6 rings (SSSR count). The highest BCUT2D eigenvalue weighted by atomic mass is 15.3. The number of hydrogen-bond donors (Lipinski definition) is 0. The lowest BCUT2D eigenvalue weighted by Gasteiger charge is -2.27. The van der Waals surface area contributed by atoms with Crippen molar-refractivity contribution < 1.29 is 0 Å². The molecule has 2 aromatic heterocycles. The minimum atomic E-state index is 1.01. The zero-order valence-corrected chi connectivity index (χ0v) is 17.9. The van der Waals surface area contributed by atoms with Gasteiger partial charge in [0.1, 0.15) is 0 Å². The molecule has 0 aliphatic carbocycles. The van der Waals surface area contributed by atoms with Gasteiger partial charge in [-0.25, -0.2) is 9.36 Å². The first-order chi connectivity index (χ1) is 16.4. The van der Waals surface area contributed by atoms with Crippen molar-refractivity contribution in [2.24, 2.45) is 0 Å². The Labute approximate surface area is 191 Å². The van der Waals surface area contributed by atoms with Crippen LogP contribution in [0.1, 0.15) is 0 Å². The van der Waals surface area contributed by atoms with Gasteiger partial charge in [-0.1, -0.05) is 48.5 Å². The van der Waals surface area contributed by atoms with E-state index in [0.717, 1.165) is 28.4 Å². The molecular weight excluding hydrogens is 406 g/mol. The van der Waals surface area contributed by atoms with E-state index in [-0.39, 0.29) is 0 Å². The Hall–Kier alpha value is -4.64. The van der Waals surface area contributed by atoms with E-state index in [1.807, 2.05) is 33.9 Å². The molecular formula is C28H21N5. The molecule has 0 N–H and O–H groups in total. The van der Waals surface area contributed by atoms with Crippen LogP contribution in [0.5, 0.6) is 0 Å². The van der Waals surface area contributed by atoms with E-state index in [2.05, 4.69) is 106 Å². The molecule has 0 atom stereocenters. The molecule has 0 fully saturated rings. The van der Waals surface area contributed by atoms with Crippen LogP contribution in [0.2, 0.25) is 0 Å². The Kier molecular flexibility index (Phi) is 4.70. The molecule has 5 nitrogen and oxygen atoms in total. The van der Waals surface area contributed by atoms with E-state index >= 15 is 0 Å². The standard InChI is InChI=1S/C28H21N5/c1-2-14-27-22(8-1)9-3-15-28(27)33(25-12-4-10-23(20-25)31-18-6-16-29-31)26-13-5-11-24(21-26)32-19-7-17-30-32/h1-21H. The Morgan fingerprint density at radius 3 is 1.73 bits per heavy atom. The molecule has 0 aliphatic heterocycles. The van der Waals surface area contributed by atoms with Gasteiger partial charge in [-0.15, -0.1) is 0 Å². The lowest BCUT2D eigenvalue weighted by molar-refractivity contribution is 0.879. The molecule has 0 saturated carbocycles. The minimum Gasteiger partial charge on any atom is -0.310 e. The smallest absolute Gasteiger partial charge is 0.0666 e. The summed E-state index contributed by atoms with van der Waals surface area (Å²) in [6.45, 7) is 0. The van der Waals surface area contributed by atoms with Crippen LogP contribution in [0.4, 0.5) is 17.1 Å². The number of nitrogens with zero attached hydrogens (tertiary/aromatic N) is 5. The Morgan fingerprint density at radius 1 is 0.545 bits per heavy atom. The molecule has 0 saturated heterocycles. The second-order valence-electron chi connectivity index (χ2n) is 7.77. The quantitative estimate of drug-likeness (QED) is 0.308. The summed E-state index contributed by atoms with van der Waals surface area (Å²) in [6.07, 6.45) is 7.50. The average Bonchev–Trinajstić information content (AvgIpc) is 3.60. The molecule has 4 aromatic carbocycles. The van der Waals surface area contributed by atoms with Crippen LogP contribution in [0.3, 0.4) is 0 Å². The van der Waals surface area contributed by atoms with E-state index in [0.29, 0.717) is 0 Å². The summed E-state index contributed by atoms with van der Waals surface area (Å²) in [6, 6.07) is 35.7. The predicted molar refractivity (Wildman–Crippen MR) is 133 cm³/mol. The van der Waals surface area contributed by atoms with E-state index in [1.54, 1.807) is 12.4 Å². The fourth-order valence-electron chi connectivity index (χ4n) is 4.22. The molecule has 0 bridgehead atoms. The number of aromatic nitrogens is 4. The van der Waals surface area contributed by atoms with Crippen molar-refractivity contribution in [3.05, 3.63) is 128 Å². The minimum absolute atomic E-state index is 1.01. The lowest BCUT2D eigenvalue weighted by atomic mass is 10.1. The highest BCUT2D eigenvalue weighted by Gasteiger charge is 2.16. The lowest BCUT2D eigenvalue weighted by Crippen LogP contribution is -2.11. The van der Waals surface area contributed by atoms with Gasteiger partial charge in [0, 0.05) is 41.5 Å². The molecule has 6 aromatic rings. The number of rotatable bonds is 5. The first-order valence-corrected chi connectivity index (χ1v) is 10.8. The van der Waals surface area contributed by atoms with Gasteiger partial charge in [0.15, 0.2) is 0 Å². The van der Waals surface area contributed by atoms with Gasteiger partial charge >= 0.3 is 0 Å². The number of benzene rings is 4. The zero-order valence-electron chi connectivity index (χ0n) is 17.9. The van der Waals surface area contributed by atoms with Crippen LogP contribution in [-0.4, -0.2) is 19.6 Å². The van der Waals surface area contributed by atoms with Gasteiger partial charge < -0.3 is 4.90 Å². The van der Waals surface area contributed by atoms with Crippen LogP contribution in [0.15, 0.2) is 128 Å². The molecule has 0 unspecified atom stereocenters. The van der Waals surface area contributed by atoms with E-state index < -0.39 is 0 Å². The summed E-state index contributed by atoms with van der Waals surface area (Å²) in [5, 5.41) is 11.2. The maximum atomic E-state index is 4.42. The third-order valence-corrected chi connectivity index (χ3v) is 5.72. The van der Waals surface area contributed by atoms with Crippen molar-refractivity contribution in [3.63, 3.8) is 0 Å². The van der Waals surface area contributed by atoms with Crippen LogP contribution in [0.25, 0.3) is 22.1 Å². The first kappa shape index (κ1) is 19.1. The van der Waals surface area contributed by atoms with Crippen LogP contribution >= 0.6 is 0 Å². The molecule has 2 heterocycles. The Morgan fingerprint density at radius 2 is 1.12 bits per heavy atom. The highest BCUT2D eigenvalue weighted by Crippen LogP contribution is 2.39. The van der Waals surface area contributed by atoms with Gasteiger partial charge in [-0.05, 0) is 60.0 Å². The number of anilines is 3. The molecule has 0 amide bonds. The predicted octanol–water partition coefficient (Wildman–Crippen LogP) is 6.68. The highest BCUT2D eigenvalue weighted by molar-refractivity contribution is 5.99. The van der Waals surface area contributed by atoms with Crippen molar-refractivity contribution in [3.8, 4) is 11.4 Å². The van der Waals surface area contributed by atoms with Crippen molar-refractivity contribution in [1.29, 1.82) is 0 Å². The molecule has 33 heavy (non-hydrogen) atoms. The SMILES string of the molecule is c1cc(N(c2cccc(-n3cccn3)c2)c2cccc3ccccc23)cc(-n2cccn2)c1. The van der Waals surface area contributed by atoms with Crippen molar-refractivity contribution in [2.45, 2.75) is 0 Å². The van der Waals surface area contributed by atoms with Crippen molar-refractivity contribution in [1.82, 2.24) is 19.6 Å². The van der Waals surface area contributed by atoms with Gasteiger partial charge in [0.05, 0.1) is 17.1 Å². The van der Waals surface area contributed by atoms with Gasteiger partial charge in [0.25, 0.3) is 0 Å². The van der Waals surface area contributed by atoms with E-state index in [4.69, 9.17) is 0 Å².